The maximum Gasteiger partial charge on any atom is 0.260 e. The fraction of sp³-hybridized carbons (Fsp3) is 0.370. The molecule has 3 aromatic rings. The zero-order chi connectivity index (χ0) is 23.8. The van der Waals surface area contributed by atoms with Crippen molar-refractivity contribution >= 4 is 5.91 Å². The zero-order valence-corrected chi connectivity index (χ0v) is 19.4. The van der Waals surface area contributed by atoms with Gasteiger partial charge in [0, 0.05) is 42.2 Å². The van der Waals surface area contributed by atoms with Crippen molar-refractivity contribution in [3.63, 3.8) is 0 Å². The number of ether oxygens (including phenoxy) is 1. The van der Waals surface area contributed by atoms with Crippen LogP contribution in [0.4, 0.5) is 4.39 Å². The largest absolute Gasteiger partial charge is 0.469 e. The van der Waals surface area contributed by atoms with E-state index in [0.29, 0.717) is 12.0 Å². The number of amides is 1. The van der Waals surface area contributed by atoms with Crippen molar-refractivity contribution in [3.05, 3.63) is 76.5 Å². The first-order valence-corrected chi connectivity index (χ1v) is 11.7. The normalized spacial score (nSPS) is 19.8. The molecule has 2 atom stereocenters. The first-order valence-electron chi connectivity index (χ1n) is 11.7. The van der Waals surface area contributed by atoms with E-state index in [2.05, 4.69) is 9.97 Å². The minimum Gasteiger partial charge on any atom is -0.469 e. The highest BCUT2D eigenvalue weighted by Gasteiger charge is 2.39. The molecule has 0 radical (unpaired) electrons. The van der Waals surface area contributed by atoms with E-state index in [1.165, 1.54) is 0 Å². The van der Waals surface area contributed by atoms with Crippen molar-refractivity contribution in [2.45, 2.75) is 45.6 Å². The smallest absolute Gasteiger partial charge is 0.260 e. The molecule has 176 valence electrons. The summed E-state index contributed by atoms with van der Waals surface area (Å²) in [4.78, 5) is 23.8. The second-order valence-corrected chi connectivity index (χ2v) is 9.26. The second kappa shape index (κ2) is 9.14. The maximum atomic E-state index is 15.2. The molecule has 0 bridgehead atoms. The van der Waals surface area contributed by atoms with Crippen LogP contribution in [0, 0.1) is 25.6 Å². The van der Waals surface area contributed by atoms with Gasteiger partial charge in [0.15, 0.2) is 18.3 Å². The SMILES string of the molecule is Cc1cc(-c2ccc(Cc3cc4c(c(F)c3C)OCN([C@H]3CCC[C@@H]3CO)C4=O)cn2)ccn1. The first kappa shape index (κ1) is 22.5. The zero-order valence-electron chi connectivity index (χ0n) is 19.4. The standard InChI is InChI=1S/C27H28FN3O3/c1-16-10-19(8-9-29-16)23-7-6-18(13-30-23)11-21-12-22-26(25(28)17(21)2)34-15-31(27(22)33)24-5-3-4-20(24)14-32/h6-10,12-13,20,24,32H,3-5,11,14-15H2,1-2H3/t20-,24+/m1/s1. The van der Waals surface area contributed by atoms with Gasteiger partial charge in [0.25, 0.3) is 5.91 Å². The Labute approximate surface area is 198 Å². The van der Waals surface area contributed by atoms with E-state index < -0.39 is 5.82 Å². The van der Waals surface area contributed by atoms with E-state index in [9.17, 15) is 9.90 Å². The third-order valence-electron chi connectivity index (χ3n) is 7.08. The lowest BCUT2D eigenvalue weighted by Gasteiger charge is -2.36. The molecular weight excluding hydrogens is 433 g/mol. The summed E-state index contributed by atoms with van der Waals surface area (Å²) in [7, 11) is 0. The van der Waals surface area contributed by atoms with Gasteiger partial charge in [0.2, 0.25) is 0 Å². The summed E-state index contributed by atoms with van der Waals surface area (Å²) in [6.07, 6.45) is 6.67. The van der Waals surface area contributed by atoms with Crippen molar-refractivity contribution < 1.29 is 19.0 Å². The Morgan fingerprint density at radius 3 is 2.76 bits per heavy atom. The molecule has 0 unspecified atom stereocenters. The number of hydrogen-bond acceptors (Lipinski definition) is 5. The van der Waals surface area contributed by atoms with Gasteiger partial charge in [-0.2, -0.15) is 0 Å². The number of aliphatic hydroxyl groups excluding tert-OH is 1. The predicted molar refractivity (Wildman–Crippen MR) is 126 cm³/mol. The number of aryl methyl sites for hydroxylation is 1. The summed E-state index contributed by atoms with van der Waals surface area (Å²) in [6.45, 7) is 3.71. The van der Waals surface area contributed by atoms with Gasteiger partial charge in [-0.3, -0.25) is 14.8 Å². The number of benzene rings is 1. The maximum absolute atomic E-state index is 15.2. The molecule has 7 heteroatoms. The quantitative estimate of drug-likeness (QED) is 0.608. The van der Waals surface area contributed by atoms with Crippen LogP contribution in [0.25, 0.3) is 11.3 Å². The van der Waals surface area contributed by atoms with Gasteiger partial charge >= 0.3 is 0 Å². The highest BCUT2D eigenvalue weighted by Crippen LogP contribution is 2.37. The number of rotatable bonds is 5. The molecule has 1 aromatic carbocycles. The number of halogens is 1. The van der Waals surface area contributed by atoms with Crippen molar-refractivity contribution in [2.75, 3.05) is 13.3 Å². The van der Waals surface area contributed by atoms with E-state index in [0.717, 1.165) is 47.3 Å². The van der Waals surface area contributed by atoms with Gasteiger partial charge in [-0.25, -0.2) is 4.39 Å². The van der Waals surface area contributed by atoms with Gasteiger partial charge in [0.05, 0.1) is 11.3 Å². The van der Waals surface area contributed by atoms with Crippen LogP contribution in [0.5, 0.6) is 5.75 Å². The minimum absolute atomic E-state index is 0.0164. The Bertz CT molecular complexity index is 1230. The molecule has 34 heavy (non-hydrogen) atoms. The number of pyridine rings is 2. The molecule has 0 saturated heterocycles. The van der Waals surface area contributed by atoms with Crippen LogP contribution in [0.15, 0.2) is 42.7 Å². The summed E-state index contributed by atoms with van der Waals surface area (Å²) in [5.74, 6) is -0.643. The highest BCUT2D eigenvalue weighted by molar-refractivity contribution is 5.98. The number of carbonyl (C=O) groups is 1. The Kier molecular flexibility index (Phi) is 6.04. The summed E-state index contributed by atoms with van der Waals surface area (Å²) >= 11 is 0. The topological polar surface area (TPSA) is 75.6 Å². The second-order valence-electron chi connectivity index (χ2n) is 9.26. The van der Waals surface area contributed by atoms with Crippen molar-refractivity contribution in [1.82, 2.24) is 14.9 Å². The van der Waals surface area contributed by atoms with Crippen molar-refractivity contribution in [1.29, 1.82) is 0 Å². The minimum atomic E-state index is -0.484. The van der Waals surface area contributed by atoms with Gasteiger partial charge in [-0.05, 0) is 74.1 Å². The van der Waals surface area contributed by atoms with Gasteiger partial charge in [-0.1, -0.05) is 12.5 Å². The number of nitrogens with zero attached hydrogens (tertiary/aromatic N) is 3. The van der Waals surface area contributed by atoms with Crippen LogP contribution in [0.1, 0.15) is 52.0 Å². The average molecular weight is 462 g/mol. The van der Waals surface area contributed by atoms with E-state index >= 15 is 4.39 Å². The van der Waals surface area contributed by atoms with E-state index in [4.69, 9.17) is 4.74 Å². The molecule has 2 aromatic heterocycles. The molecule has 1 saturated carbocycles. The van der Waals surface area contributed by atoms with E-state index in [-0.39, 0.29) is 42.5 Å². The third-order valence-corrected chi connectivity index (χ3v) is 7.08. The van der Waals surface area contributed by atoms with E-state index in [1.807, 2.05) is 31.2 Å². The van der Waals surface area contributed by atoms with Crippen LogP contribution in [0.2, 0.25) is 0 Å². The molecule has 1 aliphatic carbocycles. The van der Waals surface area contributed by atoms with Crippen LogP contribution in [0.3, 0.4) is 0 Å². The third kappa shape index (κ3) is 4.05. The fourth-order valence-corrected chi connectivity index (χ4v) is 5.12. The lowest BCUT2D eigenvalue weighted by atomic mass is 9.95. The van der Waals surface area contributed by atoms with Crippen LogP contribution in [-0.4, -0.2) is 45.3 Å². The predicted octanol–water partition coefficient (Wildman–Crippen LogP) is 4.44. The molecule has 1 fully saturated rings. The average Bonchev–Trinajstić information content (AvgIpc) is 3.32. The van der Waals surface area contributed by atoms with Crippen molar-refractivity contribution in [3.8, 4) is 17.0 Å². The van der Waals surface area contributed by atoms with Crippen LogP contribution < -0.4 is 4.74 Å². The molecule has 5 rings (SSSR count). The monoisotopic (exact) mass is 461 g/mol. The summed E-state index contributed by atoms with van der Waals surface area (Å²) < 4.78 is 21.0. The molecule has 1 aliphatic heterocycles. The molecule has 1 amide bonds. The lowest BCUT2D eigenvalue weighted by Crippen LogP contribution is -2.48. The summed E-state index contributed by atoms with van der Waals surface area (Å²) in [6, 6.07) is 9.50. The summed E-state index contributed by atoms with van der Waals surface area (Å²) in [5.41, 5.74) is 5.14. The summed E-state index contributed by atoms with van der Waals surface area (Å²) in [5, 5.41) is 9.70. The Morgan fingerprint density at radius 2 is 2.03 bits per heavy atom. The number of fused-ring (bicyclic) bond motifs is 1. The Hall–Kier alpha value is -3.32. The molecule has 2 aliphatic rings. The van der Waals surface area contributed by atoms with Crippen LogP contribution in [-0.2, 0) is 6.42 Å². The molecule has 1 N–H and O–H groups in total. The lowest BCUT2D eigenvalue weighted by molar-refractivity contribution is 0.0248. The first-order chi connectivity index (χ1) is 16.5. The Morgan fingerprint density at radius 1 is 1.18 bits per heavy atom. The molecule has 3 heterocycles. The van der Waals surface area contributed by atoms with E-state index in [1.54, 1.807) is 30.3 Å². The van der Waals surface area contributed by atoms with Gasteiger partial charge in [0.1, 0.15) is 0 Å². The number of hydrogen-bond donors (Lipinski definition) is 1. The van der Waals surface area contributed by atoms with Gasteiger partial charge in [-0.15, -0.1) is 0 Å². The van der Waals surface area contributed by atoms with Gasteiger partial charge < -0.3 is 14.7 Å². The molecular formula is C27H28FN3O3. The fourth-order valence-electron chi connectivity index (χ4n) is 5.12. The highest BCUT2D eigenvalue weighted by atomic mass is 19.1. The van der Waals surface area contributed by atoms with Crippen molar-refractivity contribution in [2.24, 2.45) is 5.92 Å². The molecule has 6 nitrogen and oxygen atoms in total. The van der Waals surface area contributed by atoms with Crippen LogP contribution >= 0.6 is 0 Å². The number of aliphatic hydroxyl groups is 1. The number of aromatic nitrogens is 2. The Balaban J connectivity index is 1.41. The molecule has 0 spiro atoms. The number of carbonyl (C=O) groups excluding carboxylic acids is 1.